The molecule has 2 aromatic rings. The molecule has 4 rings (SSSR count). The van der Waals surface area contributed by atoms with E-state index < -0.39 is 0 Å². The first-order valence-corrected chi connectivity index (χ1v) is 9.06. The number of likely N-dealkylation sites (tertiary alicyclic amines) is 1. The molecule has 0 saturated carbocycles. The van der Waals surface area contributed by atoms with Gasteiger partial charge in [-0.05, 0) is 17.5 Å². The maximum Gasteiger partial charge on any atom is 0.410 e. The Morgan fingerprint density at radius 1 is 1.00 bits per heavy atom. The molecule has 0 bridgehead atoms. The van der Waals surface area contributed by atoms with Gasteiger partial charge in [0.1, 0.15) is 18.8 Å². The molecule has 2 aliphatic heterocycles. The molecule has 2 aromatic carbocycles. The van der Waals surface area contributed by atoms with Crippen molar-refractivity contribution in [2.45, 2.75) is 37.9 Å². The number of carbonyl (C=O) groups is 1. The fraction of sp³-hybridized carbons (Fsp3) is 0.381. The fourth-order valence-corrected chi connectivity index (χ4v) is 3.66. The summed E-state index contributed by atoms with van der Waals surface area (Å²) in [5.41, 5.74) is 2.10. The normalized spacial score (nSPS) is 24.5. The SMILES string of the molecule is O=C(OCc1ccccc1)N1CC(OCc2ccccc2)[C@H]2OCC[C@H]21. The van der Waals surface area contributed by atoms with Crippen molar-refractivity contribution in [3.8, 4) is 0 Å². The number of fused-ring (bicyclic) bond motifs is 1. The van der Waals surface area contributed by atoms with Crippen molar-refractivity contribution < 1.29 is 19.0 Å². The lowest BCUT2D eigenvalue weighted by Gasteiger charge is -2.21. The third-order valence-corrected chi connectivity index (χ3v) is 4.99. The van der Waals surface area contributed by atoms with E-state index in [1.54, 1.807) is 4.90 Å². The summed E-state index contributed by atoms with van der Waals surface area (Å²) in [6, 6.07) is 19.8. The number of nitrogens with zero attached hydrogens (tertiary/aromatic N) is 1. The predicted molar refractivity (Wildman–Crippen MR) is 96.5 cm³/mol. The Bertz CT molecular complexity index is 721. The number of hydrogen-bond acceptors (Lipinski definition) is 4. The van der Waals surface area contributed by atoms with Crippen LogP contribution < -0.4 is 0 Å². The van der Waals surface area contributed by atoms with Gasteiger partial charge in [-0.3, -0.25) is 4.90 Å². The van der Waals surface area contributed by atoms with Gasteiger partial charge in [0, 0.05) is 6.61 Å². The quantitative estimate of drug-likeness (QED) is 0.827. The number of rotatable bonds is 5. The van der Waals surface area contributed by atoms with Crippen molar-refractivity contribution in [3.63, 3.8) is 0 Å². The van der Waals surface area contributed by atoms with Gasteiger partial charge in [0.05, 0.1) is 19.2 Å². The molecule has 0 aliphatic carbocycles. The second kappa shape index (κ2) is 7.89. The first-order valence-electron chi connectivity index (χ1n) is 9.06. The van der Waals surface area contributed by atoms with Crippen molar-refractivity contribution >= 4 is 6.09 Å². The van der Waals surface area contributed by atoms with E-state index in [2.05, 4.69) is 0 Å². The number of ether oxygens (including phenoxy) is 3. The topological polar surface area (TPSA) is 48.0 Å². The van der Waals surface area contributed by atoms with Crippen LogP contribution in [0.1, 0.15) is 17.5 Å². The summed E-state index contributed by atoms with van der Waals surface area (Å²) in [7, 11) is 0. The molecular formula is C21H23NO4. The lowest BCUT2D eigenvalue weighted by molar-refractivity contribution is -0.0374. The highest BCUT2D eigenvalue weighted by Gasteiger charge is 2.48. The van der Waals surface area contributed by atoms with Crippen LogP contribution in [-0.4, -0.2) is 42.4 Å². The Morgan fingerprint density at radius 2 is 1.65 bits per heavy atom. The van der Waals surface area contributed by atoms with Gasteiger partial charge in [-0.15, -0.1) is 0 Å². The van der Waals surface area contributed by atoms with Crippen molar-refractivity contribution in [3.05, 3.63) is 71.8 Å². The van der Waals surface area contributed by atoms with Crippen LogP contribution in [0.3, 0.4) is 0 Å². The molecule has 2 fully saturated rings. The average molecular weight is 353 g/mol. The van der Waals surface area contributed by atoms with E-state index in [1.165, 1.54) is 0 Å². The highest BCUT2D eigenvalue weighted by molar-refractivity contribution is 5.69. The minimum absolute atomic E-state index is 0.0408. The number of benzene rings is 2. The van der Waals surface area contributed by atoms with E-state index in [1.807, 2.05) is 60.7 Å². The monoisotopic (exact) mass is 353 g/mol. The van der Waals surface area contributed by atoms with E-state index in [0.717, 1.165) is 17.5 Å². The van der Waals surface area contributed by atoms with Crippen LogP contribution in [0, 0.1) is 0 Å². The molecule has 1 unspecified atom stereocenters. The summed E-state index contributed by atoms with van der Waals surface area (Å²) in [6.07, 6.45) is 0.353. The Balaban J connectivity index is 1.35. The molecular weight excluding hydrogens is 330 g/mol. The van der Waals surface area contributed by atoms with Gasteiger partial charge in [-0.1, -0.05) is 60.7 Å². The van der Waals surface area contributed by atoms with Crippen molar-refractivity contribution in [1.82, 2.24) is 4.90 Å². The van der Waals surface area contributed by atoms with Gasteiger partial charge in [-0.25, -0.2) is 4.79 Å². The lowest BCUT2D eigenvalue weighted by Crippen LogP contribution is -2.37. The summed E-state index contributed by atoms with van der Waals surface area (Å²) < 4.78 is 17.4. The zero-order valence-electron chi connectivity index (χ0n) is 14.6. The van der Waals surface area contributed by atoms with Gasteiger partial charge < -0.3 is 14.2 Å². The summed E-state index contributed by atoms with van der Waals surface area (Å²) in [6.45, 7) is 1.97. The standard InChI is InChI=1S/C21H23NO4/c23-21(26-15-17-9-5-2-6-10-17)22-13-19(20-18(22)11-12-24-20)25-14-16-7-3-1-4-8-16/h1-10,18-20H,11-15H2/t18-,19?,20+/m1/s1. The maximum atomic E-state index is 12.6. The zero-order valence-corrected chi connectivity index (χ0v) is 14.6. The van der Waals surface area contributed by atoms with Crippen molar-refractivity contribution in [2.24, 2.45) is 0 Å². The molecule has 0 aromatic heterocycles. The Labute approximate surface area is 153 Å². The van der Waals surface area contributed by atoms with E-state index in [4.69, 9.17) is 14.2 Å². The predicted octanol–water partition coefficient (Wildman–Crippen LogP) is 3.38. The fourth-order valence-electron chi connectivity index (χ4n) is 3.66. The van der Waals surface area contributed by atoms with E-state index in [9.17, 15) is 4.79 Å². The van der Waals surface area contributed by atoms with Crippen LogP contribution in [0.4, 0.5) is 4.79 Å². The molecule has 3 atom stereocenters. The average Bonchev–Trinajstić information content (AvgIpc) is 3.29. The van der Waals surface area contributed by atoms with Gasteiger partial charge >= 0.3 is 6.09 Å². The van der Waals surface area contributed by atoms with E-state index in [0.29, 0.717) is 19.8 Å². The van der Waals surface area contributed by atoms with Gasteiger partial charge in [0.2, 0.25) is 0 Å². The molecule has 2 aliphatic rings. The third-order valence-electron chi connectivity index (χ3n) is 4.99. The molecule has 0 spiro atoms. The molecule has 5 nitrogen and oxygen atoms in total. The van der Waals surface area contributed by atoms with Gasteiger partial charge in [0.15, 0.2) is 0 Å². The summed E-state index contributed by atoms with van der Waals surface area (Å²) >= 11 is 0. The number of carbonyl (C=O) groups excluding carboxylic acids is 1. The molecule has 136 valence electrons. The first-order chi connectivity index (χ1) is 12.8. The van der Waals surface area contributed by atoms with Crippen LogP contribution in [0.5, 0.6) is 0 Å². The highest BCUT2D eigenvalue weighted by atomic mass is 16.6. The number of amides is 1. The molecule has 2 heterocycles. The molecule has 0 N–H and O–H groups in total. The summed E-state index contributed by atoms with van der Waals surface area (Å²) in [5, 5.41) is 0. The molecule has 26 heavy (non-hydrogen) atoms. The lowest BCUT2D eigenvalue weighted by atomic mass is 10.1. The Hall–Kier alpha value is -2.37. The Morgan fingerprint density at radius 3 is 2.35 bits per heavy atom. The molecule has 5 heteroatoms. The largest absolute Gasteiger partial charge is 0.445 e. The van der Waals surface area contributed by atoms with Crippen LogP contribution in [-0.2, 0) is 27.4 Å². The van der Waals surface area contributed by atoms with Crippen molar-refractivity contribution in [1.29, 1.82) is 0 Å². The van der Waals surface area contributed by atoms with Gasteiger partial charge in [-0.2, -0.15) is 0 Å². The Kier molecular flexibility index (Phi) is 5.18. The van der Waals surface area contributed by atoms with Crippen LogP contribution in [0.25, 0.3) is 0 Å². The molecule has 0 radical (unpaired) electrons. The molecule has 2 saturated heterocycles. The second-order valence-corrected chi connectivity index (χ2v) is 6.72. The first kappa shape index (κ1) is 17.1. The van der Waals surface area contributed by atoms with Gasteiger partial charge in [0.25, 0.3) is 0 Å². The van der Waals surface area contributed by atoms with Crippen LogP contribution in [0.15, 0.2) is 60.7 Å². The maximum absolute atomic E-state index is 12.6. The van der Waals surface area contributed by atoms with E-state index >= 15 is 0 Å². The van der Waals surface area contributed by atoms with E-state index in [-0.39, 0.29) is 30.9 Å². The summed E-state index contributed by atoms with van der Waals surface area (Å²) in [4.78, 5) is 14.3. The third kappa shape index (κ3) is 3.74. The van der Waals surface area contributed by atoms with Crippen LogP contribution in [0.2, 0.25) is 0 Å². The number of hydrogen-bond donors (Lipinski definition) is 0. The smallest absolute Gasteiger partial charge is 0.410 e. The minimum Gasteiger partial charge on any atom is -0.445 e. The van der Waals surface area contributed by atoms with Crippen molar-refractivity contribution in [2.75, 3.05) is 13.2 Å². The van der Waals surface area contributed by atoms with Crippen LogP contribution >= 0.6 is 0 Å². The highest BCUT2D eigenvalue weighted by Crippen LogP contribution is 2.32. The minimum atomic E-state index is -0.292. The zero-order chi connectivity index (χ0) is 17.8. The second-order valence-electron chi connectivity index (χ2n) is 6.72. The molecule has 1 amide bonds. The summed E-state index contributed by atoms with van der Waals surface area (Å²) in [5.74, 6) is 0.